The Morgan fingerprint density at radius 2 is 1.84 bits per heavy atom. The standard InChI is InChI=1S/C14H19NO3P/c1-4-17-19(16,18-5-2)13-9-8-12-7-6-10-15(3)14(12)11-13/h6-11H,4-5H2,1-3H3/q+1. The van der Waals surface area contributed by atoms with Crippen LogP contribution in [0, 0.1) is 0 Å². The predicted octanol–water partition coefficient (Wildman–Crippen LogP) is 2.56. The molecule has 0 aliphatic heterocycles. The van der Waals surface area contributed by atoms with Gasteiger partial charge >= 0.3 is 7.60 Å². The number of fused-ring (bicyclic) bond motifs is 1. The molecule has 0 radical (unpaired) electrons. The van der Waals surface area contributed by atoms with E-state index in [1.54, 1.807) is 0 Å². The van der Waals surface area contributed by atoms with Crippen LogP contribution in [0.5, 0.6) is 0 Å². The minimum Gasteiger partial charge on any atom is -0.305 e. The Balaban J connectivity index is 2.55. The van der Waals surface area contributed by atoms with Gasteiger partial charge in [-0.1, -0.05) is 0 Å². The molecule has 1 heterocycles. The molecule has 0 saturated carbocycles. The summed E-state index contributed by atoms with van der Waals surface area (Å²) in [7, 11) is -1.25. The van der Waals surface area contributed by atoms with E-state index in [0.29, 0.717) is 18.5 Å². The van der Waals surface area contributed by atoms with E-state index in [1.165, 1.54) is 0 Å². The van der Waals surface area contributed by atoms with Gasteiger partial charge in [0, 0.05) is 17.5 Å². The van der Waals surface area contributed by atoms with Crippen LogP contribution >= 0.6 is 7.60 Å². The highest BCUT2D eigenvalue weighted by molar-refractivity contribution is 7.62. The summed E-state index contributed by atoms with van der Waals surface area (Å²) in [6.07, 6.45) is 1.96. The molecule has 0 aliphatic rings. The van der Waals surface area contributed by atoms with Gasteiger partial charge in [0.25, 0.3) is 0 Å². The normalized spacial score (nSPS) is 11.9. The Hall–Kier alpha value is -1.22. The lowest BCUT2D eigenvalue weighted by molar-refractivity contribution is -0.644. The molecule has 1 aromatic carbocycles. The molecule has 5 heteroatoms. The first-order valence-corrected chi connectivity index (χ1v) is 7.93. The molecule has 0 unspecified atom stereocenters. The van der Waals surface area contributed by atoms with Gasteiger partial charge in [0.05, 0.1) is 18.5 Å². The van der Waals surface area contributed by atoms with E-state index in [2.05, 4.69) is 0 Å². The molecule has 0 atom stereocenters. The van der Waals surface area contributed by atoms with Crippen LogP contribution in [0.4, 0.5) is 0 Å². The lowest BCUT2D eigenvalue weighted by Gasteiger charge is -2.16. The minimum atomic E-state index is -3.21. The van der Waals surface area contributed by atoms with Gasteiger partial charge in [-0.2, -0.15) is 0 Å². The summed E-state index contributed by atoms with van der Waals surface area (Å²) >= 11 is 0. The van der Waals surface area contributed by atoms with Crippen molar-refractivity contribution in [1.82, 2.24) is 0 Å². The van der Waals surface area contributed by atoms with Crippen LogP contribution in [0.25, 0.3) is 10.9 Å². The molecular weight excluding hydrogens is 261 g/mol. The van der Waals surface area contributed by atoms with Crippen LogP contribution in [0.15, 0.2) is 36.5 Å². The van der Waals surface area contributed by atoms with Gasteiger partial charge in [0.15, 0.2) is 6.20 Å². The van der Waals surface area contributed by atoms with E-state index in [-0.39, 0.29) is 0 Å². The Morgan fingerprint density at radius 1 is 1.16 bits per heavy atom. The van der Waals surface area contributed by atoms with E-state index in [9.17, 15) is 4.57 Å². The molecule has 2 rings (SSSR count). The number of benzene rings is 1. The fourth-order valence-electron chi connectivity index (χ4n) is 2.03. The molecule has 102 valence electrons. The van der Waals surface area contributed by atoms with Gasteiger partial charge in [0.1, 0.15) is 7.05 Å². The second-order valence-electron chi connectivity index (χ2n) is 4.20. The molecular formula is C14H19NO3P+. The zero-order valence-electron chi connectivity index (χ0n) is 11.5. The second-order valence-corrected chi connectivity index (χ2v) is 6.22. The van der Waals surface area contributed by atoms with E-state index in [4.69, 9.17) is 9.05 Å². The molecule has 1 aromatic heterocycles. The van der Waals surface area contributed by atoms with Gasteiger partial charge in [-0.25, -0.2) is 4.57 Å². The van der Waals surface area contributed by atoms with Crippen molar-refractivity contribution in [2.45, 2.75) is 13.8 Å². The summed E-state index contributed by atoms with van der Waals surface area (Å²) < 4.78 is 25.4. The van der Waals surface area contributed by atoms with Crippen molar-refractivity contribution in [3.8, 4) is 0 Å². The van der Waals surface area contributed by atoms with Crippen molar-refractivity contribution < 1.29 is 18.2 Å². The maximum atomic E-state index is 12.7. The summed E-state index contributed by atoms with van der Waals surface area (Å²) in [5.74, 6) is 0. The number of pyridine rings is 1. The third-order valence-electron chi connectivity index (χ3n) is 2.89. The maximum absolute atomic E-state index is 12.7. The summed E-state index contributed by atoms with van der Waals surface area (Å²) in [6, 6.07) is 9.63. The van der Waals surface area contributed by atoms with Crippen LogP contribution in [-0.2, 0) is 20.7 Å². The quantitative estimate of drug-likeness (QED) is 0.624. The highest BCUT2D eigenvalue weighted by atomic mass is 31.2. The average molecular weight is 280 g/mol. The predicted molar refractivity (Wildman–Crippen MR) is 75.6 cm³/mol. The number of nitrogens with zero attached hydrogens (tertiary/aromatic N) is 1. The molecule has 0 amide bonds. The van der Waals surface area contributed by atoms with Crippen molar-refractivity contribution in [3.63, 3.8) is 0 Å². The topological polar surface area (TPSA) is 39.4 Å². The average Bonchev–Trinajstić information content (AvgIpc) is 2.39. The lowest BCUT2D eigenvalue weighted by atomic mass is 10.2. The van der Waals surface area contributed by atoms with Gasteiger partial charge in [0.2, 0.25) is 5.52 Å². The third-order valence-corrected chi connectivity index (χ3v) is 5.00. The van der Waals surface area contributed by atoms with Crippen LogP contribution in [-0.4, -0.2) is 13.2 Å². The van der Waals surface area contributed by atoms with Gasteiger partial charge in [-0.05, 0) is 32.0 Å². The first-order valence-electron chi connectivity index (χ1n) is 6.39. The maximum Gasteiger partial charge on any atom is 0.361 e. The number of aryl methyl sites for hydroxylation is 1. The fraction of sp³-hybridized carbons (Fsp3) is 0.357. The van der Waals surface area contributed by atoms with E-state index < -0.39 is 7.60 Å². The Bertz CT molecular complexity index is 617. The molecule has 19 heavy (non-hydrogen) atoms. The van der Waals surface area contributed by atoms with Gasteiger partial charge in [-0.3, -0.25) is 4.57 Å². The van der Waals surface area contributed by atoms with E-state index in [0.717, 1.165) is 10.9 Å². The van der Waals surface area contributed by atoms with Crippen molar-refractivity contribution in [1.29, 1.82) is 0 Å². The van der Waals surface area contributed by atoms with E-state index >= 15 is 0 Å². The molecule has 4 nitrogen and oxygen atoms in total. The summed E-state index contributed by atoms with van der Waals surface area (Å²) in [5.41, 5.74) is 1.000. The Kier molecular flexibility index (Phi) is 4.35. The molecule has 0 spiro atoms. The van der Waals surface area contributed by atoms with Crippen molar-refractivity contribution in [2.75, 3.05) is 13.2 Å². The Morgan fingerprint density at radius 3 is 2.47 bits per heavy atom. The SMILES string of the molecule is CCOP(=O)(OCC)c1ccc2ccc[n+](C)c2c1. The number of hydrogen-bond donors (Lipinski definition) is 0. The highest BCUT2D eigenvalue weighted by Gasteiger charge is 2.27. The molecule has 0 N–H and O–H groups in total. The van der Waals surface area contributed by atoms with E-state index in [1.807, 2.05) is 62.0 Å². The molecule has 0 bridgehead atoms. The molecule has 0 fully saturated rings. The van der Waals surface area contributed by atoms with Crippen LogP contribution in [0.3, 0.4) is 0 Å². The van der Waals surface area contributed by atoms with Gasteiger partial charge < -0.3 is 9.05 Å². The van der Waals surface area contributed by atoms with Crippen LogP contribution < -0.4 is 9.87 Å². The highest BCUT2D eigenvalue weighted by Crippen LogP contribution is 2.46. The summed E-state index contributed by atoms with van der Waals surface area (Å²) in [5, 5.41) is 1.69. The van der Waals surface area contributed by atoms with Crippen molar-refractivity contribution >= 4 is 23.8 Å². The van der Waals surface area contributed by atoms with Gasteiger partial charge in [-0.15, -0.1) is 0 Å². The number of hydrogen-bond acceptors (Lipinski definition) is 3. The molecule has 2 aromatic rings. The minimum absolute atomic E-state index is 0.357. The second kappa shape index (κ2) is 5.83. The molecule has 0 saturated heterocycles. The first kappa shape index (κ1) is 14.2. The smallest absolute Gasteiger partial charge is 0.305 e. The first-order chi connectivity index (χ1) is 9.10. The van der Waals surface area contributed by atoms with Crippen molar-refractivity contribution in [2.24, 2.45) is 7.05 Å². The monoisotopic (exact) mass is 280 g/mol. The fourth-order valence-corrected chi connectivity index (χ4v) is 3.62. The van der Waals surface area contributed by atoms with Crippen LogP contribution in [0.1, 0.15) is 13.8 Å². The number of aromatic nitrogens is 1. The van der Waals surface area contributed by atoms with Crippen LogP contribution in [0.2, 0.25) is 0 Å². The largest absolute Gasteiger partial charge is 0.361 e. The summed E-state index contributed by atoms with van der Waals surface area (Å²) in [6.45, 7) is 4.34. The van der Waals surface area contributed by atoms with Crippen molar-refractivity contribution in [3.05, 3.63) is 36.5 Å². The number of rotatable bonds is 5. The zero-order chi connectivity index (χ0) is 13.9. The molecule has 0 aliphatic carbocycles. The Labute approximate surface area is 113 Å². The zero-order valence-corrected chi connectivity index (χ0v) is 12.4. The lowest BCUT2D eigenvalue weighted by Crippen LogP contribution is -2.29. The summed E-state index contributed by atoms with van der Waals surface area (Å²) in [4.78, 5) is 0. The third kappa shape index (κ3) is 2.86.